The number of hydrogen-bond acceptors (Lipinski definition) is 6. The predicted molar refractivity (Wildman–Crippen MR) is 120 cm³/mol. The number of thiazole rings is 1. The number of rotatable bonds is 6. The quantitative estimate of drug-likeness (QED) is 0.330. The molecule has 3 N–H and O–H groups in total. The number of azo groups is 1. The third kappa shape index (κ3) is 4.54. The van der Waals surface area contributed by atoms with Gasteiger partial charge in [-0.1, -0.05) is 36.4 Å². The Hall–Kier alpha value is -3.37. The van der Waals surface area contributed by atoms with E-state index in [1.807, 2.05) is 12.1 Å². The molecule has 0 aliphatic heterocycles. The van der Waals surface area contributed by atoms with E-state index < -0.39 is 11.8 Å². The lowest BCUT2D eigenvalue weighted by Gasteiger charge is -2.17. The van der Waals surface area contributed by atoms with E-state index in [9.17, 15) is 14.3 Å². The van der Waals surface area contributed by atoms with Gasteiger partial charge in [-0.25, -0.2) is 14.2 Å². The first kappa shape index (κ1) is 20.9. The highest BCUT2D eigenvalue weighted by atomic mass is 32.1. The zero-order valence-corrected chi connectivity index (χ0v) is 17.8. The van der Waals surface area contributed by atoms with E-state index >= 15 is 0 Å². The molecule has 0 aliphatic carbocycles. The lowest BCUT2D eigenvalue weighted by atomic mass is 10.2. The molecule has 0 bridgehead atoms. The second-order valence-electron chi connectivity index (χ2n) is 6.92. The summed E-state index contributed by atoms with van der Waals surface area (Å²) in [5, 5.41) is 20.7. The third-order valence-electron chi connectivity index (χ3n) is 4.92. The summed E-state index contributed by atoms with van der Waals surface area (Å²) in [5.74, 6) is -0.778. The van der Waals surface area contributed by atoms with Crippen LogP contribution in [0.15, 0.2) is 46.6 Å². The van der Waals surface area contributed by atoms with Crippen LogP contribution < -0.4 is 5.32 Å². The van der Waals surface area contributed by atoms with Gasteiger partial charge in [-0.15, -0.1) is 5.11 Å². The van der Waals surface area contributed by atoms with E-state index in [0.29, 0.717) is 16.0 Å². The van der Waals surface area contributed by atoms with Gasteiger partial charge in [-0.2, -0.15) is 0 Å². The Bertz CT molecular complexity index is 1280. The van der Waals surface area contributed by atoms with Crippen LogP contribution in [0.1, 0.15) is 19.4 Å². The fraction of sp³-hybridized carbons (Fsp3) is 0.238. The predicted octanol–water partition coefficient (Wildman–Crippen LogP) is 5.78. The van der Waals surface area contributed by atoms with Gasteiger partial charge in [-0.05, 0) is 49.0 Å². The van der Waals surface area contributed by atoms with Gasteiger partial charge >= 0.3 is 6.03 Å². The number of aromatic hydroxyl groups is 1. The number of fused-ring (bicyclic) bond motifs is 2. The molecule has 0 fully saturated rings. The molecule has 2 aromatic heterocycles. The minimum absolute atomic E-state index is 0.00464. The molecule has 0 atom stereocenters. The van der Waals surface area contributed by atoms with Gasteiger partial charge < -0.3 is 10.1 Å². The van der Waals surface area contributed by atoms with Crippen molar-refractivity contribution in [3.8, 4) is 5.88 Å². The van der Waals surface area contributed by atoms with Crippen LogP contribution in [0.25, 0.3) is 21.1 Å². The fourth-order valence-electron chi connectivity index (χ4n) is 3.28. The molecular weight excluding hydrogens is 419 g/mol. The second kappa shape index (κ2) is 8.78. The van der Waals surface area contributed by atoms with Crippen LogP contribution in [0.3, 0.4) is 0 Å². The third-order valence-corrected chi connectivity index (χ3v) is 5.86. The lowest BCUT2D eigenvalue weighted by Crippen LogP contribution is -2.21. The van der Waals surface area contributed by atoms with E-state index in [1.165, 1.54) is 35.1 Å². The number of carbonyl (C=O) groups is 1. The smallest absolute Gasteiger partial charge is 0.365 e. The van der Waals surface area contributed by atoms with Crippen molar-refractivity contribution < 1.29 is 14.3 Å². The maximum atomic E-state index is 13.5. The van der Waals surface area contributed by atoms with E-state index in [1.54, 1.807) is 0 Å². The van der Waals surface area contributed by atoms with E-state index in [4.69, 9.17) is 0 Å². The van der Waals surface area contributed by atoms with Crippen molar-refractivity contribution in [1.82, 2.24) is 14.9 Å². The highest BCUT2D eigenvalue weighted by Crippen LogP contribution is 2.36. The monoisotopic (exact) mass is 440 g/mol. The number of anilines is 1. The van der Waals surface area contributed by atoms with E-state index in [2.05, 4.69) is 50.3 Å². The van der Waals surface area contributed by atoms with E-state index in [-0.39, 0.29) is 11.6 Å². The van der Waals surface area contributed by atoms with Crippen molar-refractivity contribution in [2.45, 2.75) is 20.4 Å². The van der Waals surface area contributed by atoms with Gasteiger partial charge in [0.05, 0.1) is 15.7 Å². The number of halogens is 1. The van der Waals surface area contributed by atoms with Crippen molar-refractivity contribution in [2.24, 2.45) is 10.2 Å². The number of aromatic nitrogens is 2. The van der Waals surface area contributed by atoms with Gasteiger partial charge in [0.25, 0.3) is 0 Å². The van der Waals surface area contributed by atoms with Crippen molar-refractivity contribution >= 4 is 49.3 Å². The molecule has 2 aromatic carbocycles. The molecule has 10 heteroatoms. The summed E-state index contributed by atoms with van der Waals surface area (Å²) in [6, 6.07) is 9.23. The first-order chi connectivity index (χ1) is 15.0. The fourth-order valence-corrected chi connectivity index (χ4v) is 4.19. The minimum atomic E-state index is -0.743. The molecule has 0 radical (unpaired) electrons. The van der Waals surface area contributed by atoms with Gasteiger partial charge in [0, 0.05) is 11.9 Å². The highest BCUT2D eigenvalue weighted by Gasteiger charge is 2.13. The van der Waals surface area contributed by atoms with Gasteiger partial charge in [0.2, 0.25) is 5.88 Å². The first-order valence-electron chi connectivity index (χ1n) is 9.81. The molecule has 2 amide bonds. The number of nitrogens with one attached hydrogen (secondary N) is 2. The molecule has 4 rings (SSSR count). The zero-order valence-electron chi connectivity index (χ0n) is 17.0. The maximum absolute atomic E-state index is 13.5. The molecule has 8 nitrogen and oxygen atoms in total. The van der Waals surface area contributed by atoms with Gasteiger partial charge in [0.15, 0.2) is 10.8 Å². The number of benzene rings is 2. The van der Waals surface area contributed by atoms with Crippen molar-refractivity contribution in [3.05, 3.63) is 47.8 Å². The number of hydrogen-bond donors (Lipinski definition) is 3. The molecule has 160 valence electrons. The highest BCUT2D eigenvalue weighted by molar-refractivity contribution is 7.22. The zero-order chi connectivity index (χ0) is 22.0. The molecule has 0 aliphatic rings. The summed E-state index contributed by atoms with van der Waals surface area (Å²) in [7, 11) is 0. The van der Waals surface area contributed by atoms with Gasteiger partial charge in [-0.3, -0.25) is 10.2 Å². The minimum Gasteiger partial charge on any atom is -0.493 e. The molecule has 0 saturated heterocycles. The SMILES string of the molecule is CCN(CC)Cc1ccc2nc(NC(=O)N=Nc3c(O)[nH]c4ccc(F)cc34)sc2c1. The summed E-state index contributed by atoms with van der Waals surface area (Å²) in [4.78, 5) is 21.6. The van der Waals surface area contributed by atoms with Crippen molar-refractivity contribution in [3.63, 3.8) is 0 Å². The topological polar surface area (TPSA) is 106 Å². The number of amides is 2. The number of aromatic amines is 1. The normalized spacial score (nSPS) is 11.9. The molecule has 2 heterocycles. The van der Waals surface area contributed by atoms with E-state index in [0.717, 1.165) is 29.9 Å². The number of nitrogens with zero attached hydrogens (tertiary/aromatic N) is 4. The van der Waals surface area contributed by atoms with Crippen LogP contribution in [-0.2, 0) is 6.54 Å². The Kier molecular flexibility index (Phi) is 5.92. The summed E-state index contributed by atoms with van der Waals surface area (Å²) >= 11 is 1.34. The van der Waals surface area contributed by atoms with Crippen LogP contribution in [0.5, 0.6) is 5.88 Å². The average molecular weight is 441 g/mol. The Labute approximate surface area is 181 Å². The maximum Gasteiger partial charge on any atom is 0.365 e. The summed E-state index contributed by atoms with van der Waals surface area (Å²) in [6.45, 7) is 7.06. The second-order valence-corrected chi connectivity index (χ2v) is 7.96. The Morgan fingerprint density at radius 1 is 1.26 bits per heavy atom. The lowest BCUT2D eigenvalue weighted by molar-refractivity contribution is 0.258. The number of H-pyrrole nitrogens is 1. The van der Waals surface area contributed by atoms with Crippen molar-refractivity contribution in [1.29, 1.82) is 0 Å². The van der Waals surface area contributed by atoms with Crippen LogP contribution >= 0.6 is 11.3 Å². The molecule has 0 unspecified atom stereocenters. The molecular formula is C21H21FN6O2S. The molecule has 4 aromatic rings. The average Bonchev–Trinajstić information content (AvgIpc) is 3.29. The summed E-state index contributed by atoms with van der Waals surface area (Å²) in [6.07, 6.45) is 0. The first-order valence-corrected chi connectivity index (χ1v) is 10.6. The number of carbonyl (C=O) groups excluding carboxylic acids is 1. The Balaban J connectivity index is 1.50. The van der Waals surface area contributed by atoms with Crippen LogP contribution in [0.2, 0.25) is 0 Å². The Morgan fingerprint density at radius 2 is 2.06 bits per heavy atom. The summed E-state index contributed by atoms with van der Waals surface area (Å²) < 4.78 is 14.5. The standard InChI is InChI=1S/C21H21FN6O2S/c1-3-28(4-2)11-12-5-7-16-17(9-12)31-21(24-16)25-20(30)27-26-18-14-10-13(22)6-8-15(14)23-19(18)29/h5-10,23,29H,3-4,11H2,1-2H3,(H,24,25,30). The summed E-state index contributed by atoms with van der Waals surface area (Å²) in [5.41, 5.74) is 2.44. The number of urea groups is 1. The molecule has 0 spiro atoms. The van der Waals surface area contributed by atoms with Gasteiger partial charge in [0.1, 0.15) is 5.82 Å². The van der Waals surface area contributed by atoms with Crippen LogP contribution in [0, 0.1) is 5.82 Å². The Morgan fingerprint density at radius 3 is 2.84 bits per heavy atom. The molecule has 31 heavy (non-hydrogen) atoms. The molecule has 0 saturated carbocycles. The largest absolute Gasteiger partial charge is 0.493 e. The van der Waals surface area contributed by atoms with Crippen LogP contribution in [-0.4, -0.2) is 39.1 Å². The van der Waals surface area contributed by atoms with Crippen LogP contribution in [0.4, 0.5) is 20.0 Å². The van der Waals surface area contributed by atoms with Crippen molar-refractivity contribution in [2.75, 3.05) is 18.4 Å².